The number of nitrogens with one attached hydrogen (secondary N) is 1. The van der Waals surface area contributed by atoms with Crippen molar-refractivity contribution < 1.29 is 0 Å². The number of aromatic nitrogens is 1. The van der Waals surface area contributed by atoms with E-state index >= 15 is 0 Å². The maximum atomic E-state index is 4.58. The lowest BCUT2D eigenvalue weighted by Gasteiger charge is -2.27. The first-order valence-corrected chi connectivity index (χ1v) is 7.69. The van der Waals surface area contributed by atoms with Crippen LogP contribution < -0.4 is 5.32 Å². The Morgan fingerprint density at radius 2 is 2.21 bits per heavy atom. The average molecular weight is 259 g/mol. The molecule has 1 aromatic rings. The minimum Gasteiger partial charge on any atom is -0.367 e. The van der Waals surface area contributed by atoms with Gasteiger partial charge in [0.25, 0.3) is 0 Å². The first-order chi connectivity index (χ1) is 9.24. The van der Waals surface area contributed by atoms with Crippen LogP contribution in [0.4, 0.5) is 5.82 Å². The molecule has 0 radical (unpaired) electrons. The van der Waals surface area contributed by atoms with Crippen LogP contribution in [0.25, 0.3) is 0 Å². The molecule has 104 valence electrons. The van der Waals surface area contributed by atoms with Crippen LogP contribution in [0.15, 0.2) is 18.3 Å². The normalized spacial score (nSPS) is 24.1. The van der Waals surface area contributed by atoms with E-state index < -0.39 is 0 Å². The van der Waals surface area contributed by atoms with Gasteiger partial charge in [-0.3, -0.25) is 4.90 Å². The van der Waals surface area contributed by atoms with E-state index in [0.29, 0.717) is 12.1 Å². The van der Waals surface area contributed by atoms with Gasteiger partial charge < -0.3 is 5.32 Å². The molecule has 1 aliphatic carbocycles. The Morgan fingerprint density at radius 3 is 2.95 bits per heavy atom. The number of hydrogen-bond acceptors (Lipinski definition) is 3. The van der Waals surface area contributed by atoms with Crippen molar-refractivity contribution in [2.24, 2.45) is 5.92 Å². The van der Waals surface area contributed by atoms with E-state index in [4.69, 9.17) is 0 Å². The maximum Gasteiger partial charge on any atom is 0.130 e. The molecule has 1 saturated carbocycles. The van der Waals surface area contributed by atoms with Crippen molar-refractivity contribution in [3.8, 4) is 0 Å². The van der Waals surface area contributed by atoms with Gasteiger partial charge in [-0.1, -0.05) is 19.9 Å². The summed E-state index contributed by atoms with van der Waals surface area (Å²) in [5.74, 6) is 1.86. The van der Waals surface area contributed by atoms with E-state index in [9.17, 15) is 0 Å². The quantitative estimate of drug-likeness (QED) is 0.878. The molecule has 1 aliphatic heterocycles. The fraction of sp³-hybridized carbons (Fsp3) is 0.688. The summed E-state index contributed by atoms with van der Waals surface area (Å²) in [7, 11) is 0. The van der Waals surface area contributed by atoms with Gasteiger partial charge in [-0.2, -0.15) is 0 Å². The monoisotopic (exact) mass is 259 g/mol. The van der Waals surface area contributed by atoms with E-state index in [1.807, 2.05) is 6.20 Å². The van der Waals surface area contributed by atoms with Crippen LogP contribution >= 0.6 is 0 Å². The molecule has 1 N–H and O–H groups in total. The number of pyridine rings is 1. The van der Waals surface area contributed by atoms with Gasteiger partial charge in [-0.15, -0.1) is 0 Å². The highest BCUT2D eigenvalue weighted by Crippen LogP contribution is 2.36. The van der Waals surface area contributed by atoms with Crippen molar-refractivity contribution in [3.05, 3.63) is 23.9 Å². The maximum absolute atomic E-state index is 4.58. The molecule has 2 aliphatic rings. The summed E-state index contributed by atoms with van der Waals surface area (Å²) >= 11 is 0. The largest absolute Gasteiger partial charge is 0.367 e. The fourth-order valence-electron chi connectivity index (χ4n) is 3.09. The van der Waals surface area contributed by atoms with E-state index in [2.05, 4.69) is 41.2 Å². The Hall–Kier alpha value is -1.09. The first-order valence-electron chi connectivity index (χ1n) is 7.69. The van der Waals surface area contributed by atoms with Crippen molar-refractivity contribution in [1.29, 1.82) is 0 Å². The van der Waals surface area contributed by atoms with Crippen LogP contribution in [0, 0.1) is 5.92 Å². The molecule has 0 spiro atoms. The summed E-state index contributed by atoms with van der Waals surface area (Å²) < 4.78 is 0. The number of likely N-dealkylation sites (tertiary alicyclic amines) is 1. The molecule has 2 heterocycles. The predicted molar refractivity (Wildman–Crippen MR) is 79.3 cm³/mol. The Morgan fingerprint density at radius 1 is 1.37 bits per heavy atom. The molecule has 3 rings (SSSR count). The lowest BCUT2D eigenvalue weighted by molar-refractivity contribution is 0.229. The molecule has 19 heavy (non-hydrogen) atoms. The van der Waals surface area contributed by atoms with Crippen molar-refractivity contribution in [1.82, 2.24) is 9.88 Å². The van der Waals surface area contributed by atoms with Crippen molar-refractivity contribution in [2.75, 3.05) is 18.4 Å². The summed E-state index contributed by atoms with van der Waals surface area (Å²) in [5, 5.41) is 3.60. The van der Waals surface area contributed by atoms with Gasteiger partial charge in [-0.25, -0.2) is 4.98 Å². The second-order valence-corrected chi connectivity index (χ2v) is 6.41. The molecule has 1 saturated heterocycles. The van der Waals surface area contributed by atoms with E-state index in [0.717, 1.165) is 11.7 Å². The van der Waals surface area contributed by atoms with E-state index in [1.165, 1.54) is 44.3 Å². The summed E-state index contributed by atoms with van der Waals surface area (Å²) in [6, 6.07) is 5.59. The third kappa shape index (κ3) is 3.08. The number of nitrogens with zero attached hydrogens (tertiary/aromatic N) is 2. The van der Waals surface area contributed by atoms with Gasteiger partial charge in [0, 0.05) is 30.4 Å². The van der Waals surface area contributed by atoms with Crippen LogP contribution in [0.1, 0.15) is 51.1 Å². The molecule has 0 amide bonds. The molecule has 0 bridgehead atoms. The van der Waals surface area contributed by atoms with Gasteiger partial charge in [0.15, 0.2) is 0 Å². The van der Waals surface area contributed by atoms with Gasteiger partial charge >= 0.3 is 0 Å². The lowest BCUT2D eigenvalue weighted by Crippen LogP contribution is -2.28. The zero-order valence-corrected chi connectivity index (χ0v) is 12.1. The second-order valence-electron chi connectivity index (χ2n) is 6.41. The average Bonchev–Trinajstić information content (AvgIpc) is 3.08. The summed E-state index contributed by atoms with van der Waals surface area (Å²) in [6.45, 7) is 7.05. The Bertz CT molecular complexity index is 426. The molecule has 3 heteroatoms. The van der Waals surface area contributed by atoms with E-state index in [-0.39, 0.29) is 0 Å². The topological polar surface area (TPSA) is 28.2 Å². The van der Waals surface area contributed by atoms with Crippen LogP contribution in [0.2, 0.25) is 0 Å². The first kappa shape index (κ1) is 12.9. The summed E-state index contributed by atoms with van der Waals surface area (Å²) in [4.78, 5) is 7.22. The summed E-state index contributed by atoms with van der Waals surface area (Å²) in [6.07, 6.45) is 7.11. The van der Waals surface area contributed by atoms with E-state index in [1.54, 1.807) is 0 Å². The highest BCUT2D eigenvalue weighted by Gasteiger charge is 2.30. The Labute approximate surface area is 116 Å². The Kier molecular flexibility index (Phi) is 3.74. The SMILES string of the molecule is CC(C)CN1CCC[C@@H]1c1cccnc1NC1CC1. The van der Waals surface area contributed by atoms with Crippen molar-refractivity contribution >= 4 is 5.82 Å². The third-order valence-electron chi connectivity index (χ3n) is 4.08. The highest BCUT2D eigenvalue weighted by atomic mass is 15.2. The van der Waals surface area contributed by atoms with Gasteiger partial charge in [-0.05, 0) is 44.2 Å². The molecule has 3 nitrogen and oxygen atoms in total. The van der Waals surface area contributed by atoms with Crippen molar-refractivity contribution in [2.45, 2.75) is 51.6 Å². The molecule has 0 unspecified atom stereocenters. The minimum atomic E-state index is 0.567. The van der Waals surface area contributed by atoms with Crippen LogP contribution in [-0.4, -0.2) is 29.0 Å². The van der Waals surface area contributed by atoms with Crippen molar-refractivity contribution in [3.63, 3.8) is 0 Å². The van der Waals surface area contributed by atoms with Crippen LogP contribution in [0.5, 0.6) is 0 Å². The summed E-state index contributed by atoms with van der Waals surface area (Å²) in [5.41, 5.74) is 1.41. The van der Waals surface area contributed by atoms with Gasteiger partial charge in [0.05, 0.1) is 0 Å². The van der Waals surface area contributed by atoms with Crippen LogP contribution in [0.3, 0.4) is 0 Å². The molecule has 1 aromatic heterocycles. The second kappa shape index (κ2) is 5.49. The molecule has 0 aromatic carbocycles. The molecule has 1 atom stereocenters. The predicted octanol–water partition coefficient (Wildman–Crippen LogP) is 3.45. The van der Waals surface area contributed by atoms with Gasteiger partial charge in [0.2, 0.25) is 0 Å². The molecular weight excluding hydrogens is 234 g/mol. The zero-order chi connectivity index (χ0) is 13.2. The standard InChI is InChI=1S/C16H25N3/c1-12(2)11-19-10-4-6-15(19)14-5-3-9-17-16(14)18-13-7-8-13/h3,5,9,12-13,15H,4,6-8,10-11H2,1-2H3,(H,17,18)/t15-/m1/s1. The lowest BCUT2D eigenvalue weighted by atomic mass is 10.0. The van der Waals surface area contributed by atoms with Gasteiger partial charge in [0.1, 0.15) is 5.82 Å². The number of hydrogen-bond donors (Lipinski definition) is 1. The molecular formula is C16H25N3. The minimum absolute atomic E-state index is 0.567. The third-order valence-corrected chi connectivity index (χ3v) is 4.08. The number of anilines is 1. The number of rotatable bonds is 5. The Balaban J connectivity index is 1.79. The zero-order valence-electron chi connectivity index (χ0n) is 12.1. The fourth-order valence-corrected chi connectivity index (χ4v) is 3.09. The highest BCUT2D eigenvalue weighted by molar-refractivity contribution is 5.47. The molecule has 2 fully saturated rings. The smallest absolute Gasteiger partial charge is 0.130 e. The van der Waals surface area contributed by atoms with Crippen LogP contribution in [-0.2, 0) is 0 Å².